The predicted octanol–water partition coefficient (Wildman–Crippen LogP) is 3.86. The van der Waals surface area contributed by atoms with Crippen molar-refractivity contribution in [3.8, 4) is 0 Å². The number of nitrogens with two attached hydrogens (primary N) is 1. The lowest BCUT2D eigenvalue weighted by Crippen LogP contribution is -2.26. The van der Waals surface area contributed by atoms with Crippen LogP contribution in [-0.2, 0) is 0 Å². The summed E-state index contributed by atoms with van der Waals surface area (Å²) in [5, 5.41) is 0.642. The number of para-hydroxylation sites is 1. The third-order valence-corrected chi connectivity index (χ3v) is 3.32. The SMILES string of the molecule is Br.Br.CCN(CC)CCSC(N)=Nc1ccccc1. The van der Waals surface area contributed by atoms with Crippen LogP contribution in [-0.4, -0.2) is 35.5 Å². The zero-order chi connectivity index (χ0) is 12.5. The number of aliphatic imine (C=N–C) groups is 1. The van der Waals surface area contributed by atoms with E-state index in [0.717, 1.165) is 31.1 Å². The van der Waals surface area contributed by atoms with E-state index in [2.05, 4.69) is 23.7 Å². The maximum absolute atomic E-state index is 5.87. The molecule has 0 fully saturated rings. The molecule has 0 saturated heterocycles. The van der Waals surface area contributed by atoms with Crippen LogP contribution in [0.2, 0.25) is 0 Å². The first kappa shape index (κ1) is 21.3. The van der Waals surface area contributed by atoms with Gasteiger partial charge in [-0.25, -0.2) is 4.99 Å². The number of thioether (sulfide) groups is 1. The second-order valence-electron chi connectivity index (χ2n) is 3.66. The van der Waals surface area contributed by atoms with Crippen molar-refractivity contribution < 1.29 is 0 Å². The van der Waals surface area contributed by atoms with Gasteiger partial charge >= 0.3 is 0 Å². The Hall–Kier alpha value is -0.0400. The Morgan fingerprint density at radius 2 is 1.74 bits per heavy atom. The summed E-state index contributed by atoms with van der Waals surface area (Å²) < 4.78 is 0. The van der Waals surface area contributed by atoms with Gasteiger partial charge in [0.25, 0.3) is 0 Å². The first-order valence-electron chi connectivity index (χ1n) is 6.00. The van der Waals surface area contributed by atoms with Crippen LogP contribution in [0, 0.1) is 0 Å². The molecular formula is C13H23Br2N3S. The summed E-state index contributed by atoms with van der Waals surface area (Å²) in [6.45, 7) is 7.59. The summed E-state index contributed by atoms with van der Waals surface area (Å²) in [4.78, 5) is 6.72. The second-order valence-corrected chi connectivity index (χ2v) is 4.78. The van der Waals surface area contributed by atoms with Crippen molar-refractivity contribution in [1.82, 2.24) is 4.90 Å². The lowest BCUT2D eigenvalue weighted by Gasteiger charge is -2.16. The molecule has 0 radical (unpaired) electrons. The molecule has 110 valence electrons. The van der Waals surface area contributed by atoms with E-state index in [1.807, 2.05) is 30.3 Å². The molecule has 0 aromatic heterocycles. The number of amidine groups is 1. The minimum atomic E-state index is 0. The smallest absolute Gasteiger partial charge is 0.159 e. The zero-order valence-corrected chi connectivity index (χ0v) is 15.7. The molecule has 1 rings (SSSR count). The predicted molar refractivity (Wildman–Crippen MR) is 98.6 cm³/mol. The number of benzene rings is 1. The summed E-state index contributed by atoms with van der Waals surface area (Å²) in [6.07, 6.45) is 0. The maximum Gasteiger partial charge on any atom is 0.159 e. The normalized spacial score (nSPS) is 10.8. The Kier molecular flexibility index (Phi) is 14.5. The molecule has 1 aromatic carbocycles. The quantitative estimate of drug-likeness (QED) is 0.569. The largest absolute Gasteiger partial charge is 0.378 e. The standard InChI is InChI=1S/C13H21N3S.2BrH/c1-3-16(4-2)10-11-17-13(14)15-12-8-6-5-7-9-12;;/h5-9H,3-4,10-11H2,1-2H3,(H2,14,15);2*1H. The first-order valence-corrected chi connectivity index (χ1v) is 6.99. The monoisotopic (exact) mass is 411 g/mol. The van der Waals surface area contributed by atoms with E-state index < -0.39 is 0 Å². The molecule has 19 heavy (non-hydrogen) atoms. The third kappa shape index (κ3) is 9.49. The molecule has 0 saturated carbocycles. The van der Waals surface area contributed by atoms with Gasteiger partial charge in [0.1, 0.15) is 0 Å². The highest BCUT2D eigenvalue weighted by molar-refractivity contribution is 8.93. The molecule has 0 unspecified atom stereocenters. The van der Waals surface area contributed by atoms with Gasteiger partial charge in [0.15, 0.2) is 5.17 Å². The Labute approximate surface area is 141 Å². The second kappa shape index (κ2) is 13.0. The van der Waals surface area contributed by atoms with E-state index in [0.29, 0.717) is 5.17 Å². The van der Waals surface area contributed by atoms with Crippen LogP contribution in [0.3, 0.4) is 0 Å². The van der Waals surface area contributed by atoms with Crippen LogP contribution < -0.4 is 5.73 Å². The van der Waals surface area contributed by atoms with Crippen LogP contribution in [0.5, 0.6) is 0 Å². The molecule has 1 aromatic rings. The maximum atomic E-state index is 5.87. The van der Waals surface area contributed by atoms with Crippen molar-refractivity contribution in [3.63, 3.8) is 0 Å². The van der Waals surface area contributed by atoms with E-state index in [1.54, 1.807) is 11.8 Å². The molecular weight excluding hydrogens is 390 g/mol. The van der Waals surface area contributed by atoms with Gasteiger partial charge in [-0.05, 0) is 25.2 Å². The van der Waals surface area contributed by atoms with Crippen LogP contribution in [0.15, 0.2) is 35.3 Å². The summed E-state index contributed by atoms with van der Waals surface area (Å²) >= 11 is 1.62. The van der Waals surface area contributed by atoms with E-state index >= 15 is 0 Å². The lowest BCUT2D eigenvalue weighted by molar-refractivity contribution is 0.324. The van der Waals surface area contributed by atoms with E-state index in [9.17, 15) is 0 Å². The van der Waals surface area contributed by atoms with Crippen molar-refractivity contribution in [2.45, 2.75) is 13.8 Å². The molecule has 2 N–H and O–H groups in total. The Balaban J connectivity index is 0. The van der Waals surface area contributed by atoms with E-state index in [1.165, 1.54) is 0 Å². The molecule has 0 bridgehead atoms. The number of rotatable bonds is 6. The molecule has 0 aliphatic rings. The highest BCUT2D eigenvalue weighted by atomic mass is 79.9. The van der Waals surface area contributed by atoms with Gasteiger partial charge in [0, 0.05) is 12.3 Å². The van der Waals surface area contributed by atoms with Crippen LogP contribution >= 0.6 is 45.7 Å². The minimum absolute atomic E-state index is 0. The van der Waals surface area contributed by atoms with Crippen LogP contribution in [0.4, 0.5) is 5.69 Å². The van der Waals surface area contributed by atoms with E-state index in [-0.39, 0.29) is 34.0 Å². The fraction of sp³-hybridized carbons (Fsp3) is 0.462. The fourth-order valence-electron chi connectivity index (χ4n) is 1.48. The van der Waals surface area contributed by atoms with Crippen LogP contribution in [0.1, 0.15) is 13.8 Å². The molecule has 3 nitrogen and oxygen atoms in total. The van der Waals surface area contributed by atoms with Crippen molar-refractivity contribution in [3.05, 3.63) is 30.3 Å². The lowest BCUT2D eigenvalue weighted by atomic mass is 10.3. The van der Waals surface area contributed by atoms with Gasteiger partial charge in [-0.1, -0.05) is 43.8 Å². The number of hydrogen-bond acceptors (Lipinski definition) is 3. The van der Waals surface area contributed by atoms with Gasteiger partial charge in [0.2, 0.25) is 0 Å². The van der Waals surface area contributed by atoms with Crippen molar-refractivity contribution in [2.75, 3.05) is 25.4 Å². The Morgan fingerprint density at radius 1 is 1.16 bits per heavy atom. The number of halogens is 2. The highest BCUT2D eigenvalue weighted by Crippen LogP contribution is 2.12. The number of hydrogen-bond donors (Lipinski definition) is 1. The van der Waals surface area contributed by atoms with Gasteiger partial charge in [-0.2, -0.15) is 0 Å². The van der Waals surface area contributed by atoms with E-state index in [4.69, 9.17) is 5.73 Å². The van der Waals surface area contributed by atoms with Gasteiger partial charge < -0.3 is 10.6 Å². The Morgan fingerprint density at radius 3 is 2.26 bits per heavy atom. The average molecular weight is 413 g/mol. The minimum Gasteiger partial charge on any atom is -0.378 e. The number of nitrogens with zero attached hydrogens (tertiary/aromatic N) is 2. The summed E-state index contributed by atoms with van der Waals surface area (Å²) in [5.74, 6) is 0.990. The van der Waals surface area contributed by atoms with Crippen LogP contribution in [0.25, 0.3) is 0 Å². The van der Waals surface area contributed by atoms with Gasteiger partial charge in [-0.15, -0.1) is 34.0 Å². The topological polar surface area (TPSA) is 41.6 Å². The third-order valence-electron chi connectivity index (χ3n) is 2.55. The fourth-order valence-corrected chi connectivity index (χ4v) is 2.21. The summed E-state index contributed by atoms with van der Waals surface area (Å²) in [5.41, 5.74) is 6.79. The molecule has 0 spiro atoms. The molecule has 0 aliphatic carbocycles. The summed E-state index contributed by atoms with van der Waals surface area (Å²) in [6, 6.07) is 9.82. The molecule has 0 amide bonds. The zero-order valence-electron chi connectivity index (χ0n) is 11.4. The van der Waals surface area contributed by atoms with Gasteiger partial charge in [0.05, 0.1) is 5.69 Å². The Bertz CT molecular complexity index is 343. The molecule has 6 heteroatoms. The molecule has 0 heterocycles. The average Bonchev–Trinajstić information content (AvgIpc) is 2.36. The summed E-state index contributed by atoms with van der Waals surface area (Å²) in [7, 11) is 0. The van der Waals surface area contributed by atoms with Crippen molar-refractivity contribution in [1.29, 1.82) is 0 Å². The van der Waals surface area contributed by atoms with Crippen molar-refractivity contribution in [2.24, 2.45) is 10.7 Å². The first-order chi connectivity index (χ1) is 8.26. The molecule has 0 atom stereocenters. The highest BCUT2D eigenvalue weighted by Gasteiger charge is 2.00. The van der Waals surface area contributed by atoms with Gasteiger partial charge in [-0.3, -0.25) is 0 Å². The molecule has 0 aliphatic heterocycles. The van der Waals surface area contributed by atoms with Crippen molar-refractivity contribution >= 4 is 56.6 Å².